The fourth-order valence-corrected chi connectivity index (χ4v) is 3.27. The Morgan fingerprint density at radius 1 is 0.794 bits per heavy atom. The highest BCUT2D eigenvalue weighted by atomic mass is 32.2. The van der Waals surface area contributed by atoms with E-state index in [1.54, 1.807) is 6.26 Å². The van der Waals surface area contributed by atoms with Crippen LogP contribution in [0.5, 0.6) is 0 Å². The number of rotatable bonds is 18. The number of carboxylic acids is 1. The number of unbranched alkanes of at least 4 members (excludes halogenated alkanes) is 1. The zero-order valence-corrected chi connectivity index (χ0v) is 19.9. The van der Waals surface area contributed by atoms with Gasteiger partial charge in [0, 0.05) is 0 Å². The van der Waals surface area contributed by atoms with Crippen LogP contribution in [-0.2, 0) is 28.8 Å². The van der Waals surface area contributed by atoms with Crippen LogP contribution < -0.4 is 38.9 Å². The molecule has 14 nitrogen and oxygen atoms in total. The average Bonchev–Trinajstić information content (AvgIpc) is 2.74. The summed E-state index contributed by atoms with van der Waals surface area (Å²) >= 11 is 1.39. The fourth-order valence-electron chi connectivity index (χ4n) is 2.80. The maximum Gasteiger partial charge on any atom is 0.326 e. The number of carbonyl (C=O) groups is 6. The highest BCUT2D eigenvalue weighted by molar-refractivity contribution is 7.98. The van der Waals surface area contributed by atoms with Crippen molar-refractivity contribution in [3.8, 4) is 0 Å². The molecule has 34 heavy (non-hydrogen) atoms. The summed E-state index contributed by atoms with van der Waals surface area (Å²) in [6, 6.07) is -5.17. The Morgan fingerprint density at radius 2 is 1.32 bits per heavy atom. The summed E-state index contributed by atoms with van der Waals surface area (Å²) in [6.45, 7) is 0.354. The first-order valence-corrected chi connectivity index (χ1v) is 12.0. The van der Waals surface area contributed by atoms with Crippen molar-refractivity contribution in [1.29, 1.82) is 0 Å². The van der Waals surface area contributed by atoms with Gasteiger partial charge in [-0.3, -0.25) is 24.0 Å². The summed E-state index contributed by atoms with van der Waals surface area (Å²) in [5.41, 5.74) is 21.2. The Kier molecular flexibility index (Phi) is 15.2. The number of primary amides is 2. The minimum Gasteiger partial charge on any atom is -0.480 e. The number of hydrogen-bond acceptors (Lipinski definition) is 9. The molecule has 194 valence electrons. The second kappa shape index (κ2) is 16.7. The van der Waals surface area contributed by atoms with Crippen molar-refractivity contribution in [1.82, 2.24) is 16.0 Å². The fraction of sp³-hybridized carbons (Fsp3) is 0.684. The molecule has 0 saturated heterocycles. The maximum absolute atomic E-state index is 12.8. The molecule has 0 rings (SSSR count). The number of thioether (sulfide) groups is 1. The first-order valence-electron chi connectivity index (χ1n) is 10.6. The monoisotopic (exact) mass is 505 g/mol. The average molecular weight is 506 g/mol. The van der Waals surface area contributed by atoms with Gasteiger partial charge in [-0.05, 0) is 44.2 Å². The van der Waals surface area contributed by atoms with Gasteiger partial charge in [0.05, 0.1) is 18.9 Å². The van der Waals surface area contributed by atoms with E-state index in [2.05, 4.69) is 16.0 Å². The standard InChI is InChI=1S/C19H35N7O7S/c1-34-7-5-11(24-16(29)10(21)8-14(22)27)17(30)26-13(9-15(23)28)18(31)25-12(19(32)33)4-2-3-6-20/h10-13H,2-9,20-21H2,1H3,(H2,22,27)(H2,23,28)(H,24,29)(H,25,31)(H,26,30)(H,32,33). The van der Waals surface area contributed by atoms with E-state index in [-0.39, 0.29) is 12.8 Å². The highest BCUT2D eigenvalue weighted by Crippen LogP contribution is 2.06. The second-order valence-corrected chi connectivity index (χ2v) is 8.52. The van der Waals surface area contributed by atoms with Gasteiger partial charge in [-0.25, -0.2) is 4.79 Å². The van der Waals surface area contributed by atoms with Crippen molar-refractivity contribution in [3.63, 3.8) is 0 Å². The number of carboxylic acid groups (broad SMARTS) is 1. The van der Waals surface area contributed by atoms with E-state index in [9.17, 15) is 33.9 Å². The molecule has 0 aliphatic carbocycles. The number of hydrogen-bond donors (Lipinski definition) is 8. The van der Waals surface area contributed by atoms with E-state index in [4.69, 9.17) is 22.9 Å². The molecule has 0 aromatic heterocycles. The predicted octanol–water partition coefficient (Wildman–Crippen LogP) is -3.51. The Labute approximate surface area is 201 Å². The Bertz CT molecular complexity index is 738. The van der Waals surface area contributed by atoms with E-state index in [1.165, 1.54) is 11.8 Å². The third-order valence-corrected chi connectivity index (χ3v) is 5.25. The van der Waals surface area contributed by atoms with Gasteiger partial charge >= 0.3 is 5.97 Å². The zero-order valence-electron chi connectivity index (χ0n) is 19.1. The topological polar surface area (TPSA) is 263 Å². The van der Waals surface area contributed by atoms with Crippen LogP contribution in [0.3, 0.4) is 0 Å². The highest BCUT2D eigenvalue weighted by Gasteiger charge is 2.31. The molecule has 0 radical (unpaired) electrons. The Morgan fingerprint density at radius 3 is 1.82 bits per heavy atom. The Hall–Kier alpha value is -2.91. The van der Waals surface area contributed by atoms with Crippen LogP contribution in [-0.4, -0.2) is 83.3 Å². The third-order valence-electron chi connectivity index (χ3n) is 4.60. The van der Waals surface area contributed by atoms with Crippen LogP contribution in [0.25, 0.3) is 0 Å². The molecule has 0 aliphatic heterocycles. The lowest BCUT2D eigenvalue weighted by Crippen LogP contribution is -2.58. The van der Waals surface area contributed by atoms with Crippen molar-refractivity contribution in [2.24, 2.45) is 22.9 Å². The van der Waals surface area contributed by atoms with Crippen LogP contribution in [0.2, 0.25) is 0 Å². The number of nitrogens with two attached hydrogens (primary N) is 4. The van der Waals surface area contributed by atoms with Crippen LogP contribution in [0.15, 0.2) is 0 Å². The van der Waals surface area contributed by atoms with E-state index < -0.39 is 72.5 Å². The van der Waals surface area contributed by atoms with E-state index >= 15 is 0 Å². The molecule has 4 atom stereocenters. The molecule has 0 saturated carbocycles. The molecule has 0 heterocycles. The molecule has 5 amide bonds. The summed E-state index contributed by atoms with van der Waals surface area (Å²) < 4.78 is 0. The smallest absolute Gasteiger partial charge is 0.326 e. The molecular formula is C19H35N7O7S. The molecule has 0 fully saturated rings. The van der Waals surface area contributed by atoms with Gasteiger partial charge in [0.25, 0.3) is 0 Å². The molecule has 0 aromatic rings. The van der Waals surface area contributed by atoms with Crippen LogP contribution in [0.1, 0.15) is 38.5 Å². The SMILES string of the molecule is CSCCC(NC(=O)C(N)CC(N)=O)C(=O)NC(CC(N)=O)C(=O)NC(CCCCN)C(=O)O. The van der Waals surface area contributed by atoms with Crippen LogP contribution in [0, 0.1) is 0 Å². The summed E-state index contributed by atoms with van der Waals surface area (Å²) in [6.07, 6.45) is 1.97. The van der Waals surface area contributed by atoms with E-state index in [0.29, 0.717) is 25.1 Å². The van der Waals surface area contributed by atoms with Gasteiger partial charge in [-0.2, -0.15) is 11.8 Å². The maximum atomic E-state index is 12.8. The van der Waals surface area contributed by atoms with Gasteiger partial charge < -0.3 is 44.0 Å². The van der Waals surface area contributed by atoms with Gasteiger partial charge in [0.1, 0.15) is 18.1 Å². The summed E-state index contributed by atoms with van der Waals surface area (Å²) in [5.74, 6) is -5.10. The summed E-state index contributed by atoms with van der Waals surface area (Å²) in [4.78, 5) is 71.7. The quantitative estimate of drug-likeness (QED) is 0.0851. The molecule has 4 unspecified atom stereocenters. The molecule has 0 aliphatic rings. The zero-order chi connectivity index (χ0) is 26.3. The molecule has 15 heteroatoms. The second-order valence-electron chi connectivity index (χ2n) is 7.54. The molecule has 12 N–H and O–H groups in total. The summed E-state index contributed by atoms with van der Waals surface area (Å²) in [7, 11) is 0. The largest absolute Gasteiger partial charge is 0.480 e. The minimum absolute atomic E-state index is 0.0969. The van der Waals surface area contributed by atoms with E-state index in [0.717, 1.165) is 0 Å². The molecular weight excluding hydrogens is 470 g/mol. The lowest BCUT2D eigenvalue weighted by Gasteiger charge is -2.24. The van der Waals surface area contributed by atoms with Gasteiger partial charge in [-0.1, -0.05) is 0 Å². The minimum atomic E-state index is -1.48. The van der Waals surface area contributed by atoms with Gasteiger partial charge in [0.15, 0.2) is 0 Å². The number of aliphatic carboxylic acids is 1. The van der Waals surface area contributed by atoms with Crippen molar-refractivity contribution in [2.75, 3.05) is 18.6 Å². The molecule has 0 aromatic carbocycles. The van der Waals surface area contributed by atoms with Crippen LogP contribution in [0.4, 0.5) is 0 Å². The lowest BCUT2D eigenvalue weighted by atomic mass is 10.1. The molecule has 0 bridgehead atoms. The van der Waals surface area contributed by atoms with Crippen molar-refractivity contribution >= 4 is 47.3 Å². The first-order chi connectivity index (χ1) is 15.9. The van der Waals surface area contributed by atoms with Crippen molar-refractivity contribution < 1.29 is 33.9 Å². The number of carbonyl (C=O) groups excluding carboxylic acids is 5. The van der Waals surface area contributed by atoms with Crippen molar-refractivity contribution in [3.05, 3.63) is 0 Å². The normalized spacial score (nSPS) is 14.2. The van der Waals surface area contributed by atoms with E-state index in [1.807, 2.05) is 0 Å². The lowest BCUT2D eigenvalue weighted by molar-refractivity contribution is -0.142. The van der Waals surface area contributed by atoms with Crippen LogP contribution >= 0.6 is 11.8 Å². The predicted molar refractivity (Wildman–Crippen MR) is 125 cm³/mol. The Balaban J connectivity index is 5.44. The van der Waals surface area contributed by atoms with Crippen molar-refractivity contribution in [2.45, 2.75) is 62.7 Å². The first kappa shape index (κ1) is 31.1. The number of nitrogens with one attached hydrogen (secondary N) is 3. The molecule has 0 spiro atoms. The number of amides is 5. The van der Waals surface area contributed by atoms with Gasteiger partial charge in [0.2, 0.25) is 29.5 Å². The van der Waals surface area contributed by atoms with Gasteiger partial charge in [-0.15, -0.1) is 0 Å². The third kappa shape index (κ3) is 13.0. The summed E-state index contributed by atoms with van der Waals surface area (Å²) in [5, 5.41) is 16.4.